The van der Waals surface area contributed by atoms with Crippen LogP contribution in [0.3, 0.4) is 0 Å². The number of nitrogens with one attached hydrogen (secondary N) is 2. The minimum Gasteiger partial charge on any atom is -0.504 e. The van der Waals surface area contributed by atoms with Crippen molar-refractivity contribution in [3.8, 4) is 11.5 Å². The van der Waals surface area contributed by atoms with Crippen molar-refractivity contribution in [3.63, 3.8) is 0 Å². The molecule has 2 unspecified atom stereocenters. The first-order valence-corrected chi connectivity index (χ1v) is 10.9. The highest BCUT2D eigenvalue weighted by atomic mass is 79.9. The highest BCUT2D eigenvalue weighted by Crippen LogP contribution is 2.38. The molecule has 0 spiro atoms. The number of hydrogen-bond acceptors (Lipinski definition) is 4. The minimum absolute atomic E-state index is 0.102. The van der Waals surface area contributed by atoms with E-state index in [4.69, 9.17) is 4.74 Å². The lowest BCUT2D eigenvalue weighted by molar-refractivity contribution is 0.314. The summed E-state index contributed by atoms with van der Waals surface area (Å²) in [7, 11) is 0. The number of aryl methyl sites for hydroxylation is 1. The molecule has 0 bridgehead atoms. The maximum Gasteiger partial charge on any atom is 0.162 e. The van der Waals surface area contributed by atoms with E-state index in [0.29, 0.717) is 12.4 Å². The Kier molecular flexibility index (Phi) is 6.11. The Bertz CT molecular complexity index is 1060. The molecule has 5 heteroatoms. The summed E-state index contributed by atoms with van der Waals surface area (Å²) in [6.07, 6.45) is 2.01. The van der Waals surface area contributed by atoms with Crippen LogP contribution in [-0.4, -0.2) is 11.7 Å². The lowest BCUT2D eigenvalue weighted by atomic mass is 9.96. The van der Waals surface area contributed by atoms with Crippen LogP contribution in [0.1, 0.15) is 41.4 Å². The van der Waals surface area contributed by atoms with E-state index in [2.05, 4.69) is 63.8 Å². The Balaban J connectivity index is 1.78. The highest BCUT2D eigenvalue weighted by molar-refractivity contribution is 9.10. The Morgan fingerprint density at radius 1 is 0.967 bits per heavy atom. The van der Waals surface area contributed by atoms with Crippen molar-refractivity contribution in [2.24, 2.45) is 0 Å². The number of hydrogen-bond donors (Lipinski definition) is 3. The predicted molar refractivity (Wildman–Crippen MR) is 124 cm³/mol. The summed E-state index contributed by atoms with van der Waals surface area (Å²) in [4.78, 5) is 0. The third-order valence-electron chi connectivity index (χ3n) is 5.30. The molecule has 0 saturated carbocycles. The summed E-state index contributed by atoms with van der Waals surface area (Å²) in [5.41, 5.74) is 5.26. The summed E-state index contributed by atoms with van der Waals surface area (Å²) < 4.78 is 6.64. The topological polar surface area (TPSA) is 53.5 Å². The number of benzene rings is 3. The number of phenols is 1. The Labute approximate surface area is 185 Å². The van der Waals surface area contributed by atoms with Crippen molar-refractivity contribution in [2.45, 2.75) is 26.1 Å². The van der Waals surface area contributed by atoms with Crippen LogP contribution in [0.15, 0.2) is 77.3 Å². The largest absolute Gasteiger partial charge is 0.504 e. The number of halogens is 1. The molecule has 4 nitrogen and oxygen atoms in total. The molecule has 3 aromatic rings. The number of aromatic hydroxyl groups is 1. The van der Waals surface area contributed by atoms with Gasteiger partial charge in [-0.05, 0) is 54.8 Å². The number of rotatable bonds is 5. The fourth-order valence-corrected chi connectivity index (χ4v) is 4.03. The van der Waals surface area contributed by atoms with Gasteiger partial charge in [-0.25, -0.2) is 0 Å². The lowest BCUT2D eigenvalue weighted by Gasteiger charge is -2.34. The van der Waals surface area contributed by atoms with Crippen molar-refractivity contribution in [3.05, 3.63) is 99.5 Å². The van der Waals surface area contributed by atoms with E-state index >= 15 is 0 Å². The Morgan fingerprint density at radius 3 is 2.43 bits per heavy atom. The first-order valence-electron chi connectivity index (χ1n) is 10.1. The molecule has 0 aliphatic carbocycles. The third-order valence-corrected chi connectivity index (χ3v) is 5.83. The molecule has 154 valence electrons. The van der Waals surface area contributed by atoms with Crippen LogP contribution < -0.4 is 15.4 Å². The summed E-state index contributed by atoms with van der Waals surface area (Å²) >= 11 is 3.51. The summed E-state index contributed by atoms with van der Waals surface area (Å²) in [5, 5.41) is 18.1. The quantitative estimate of drug-likeness (QED) is 0.444. The van der Waals surface area contributed by atoms with Gasteiger partial charge >= 0.3 is 0 Å². The van der Waals surface area contributed by atoms with Crippen molar-refractivity contribution in [2.75, 3.05) is 6.61 Å². The Morgan fingerprint density at radius 2 is 1.70 bits per heavy atom. The van der Waals surface area contributed by atoms with E-state index in [1.54, 1.807) is 6.07 Å². The smallest absolute Gasteiger partial charge is 0.162 e. The fraction of sp³-hybridized carbons (Fsp3) is 0.200. The molecular weight excluding hydrogens is 440 g/mol. The van der Waals surface area contributed by atoms with E-state index in [1.165, 1.54) is 11.1 Å². The average Bonchev–Trinajstić information content (AvgIpc) is 2.76. The second-order valence-corrected chi connectivity index (χ2v) is 8.21. The van der Waals surface area contributed by atoms with Crippen LogP contribution in [0, 0.1) is 6.92 Å². The van der Waals surface area contributed by atoms with Gasteiger partial charge in [0, 0.05) is 15.7 Å². The molecule has 1 aliphatic rings. The Hall–Kier alpha value is -2.76. The summed E-state index contributed by atoms with van der Waals surface area (Å²) in [6.45, 7) is 4.52. The van der Waals surface area contributed by atoms with E-state index in [0.717, 1.165) is 21.3 Å². The average molecular weight is 465 g/mol. The van der Waals surface area contributed by atoms with Crippen LogP contribution >= 0.6 is 15.9 Å². The molecule has 0 amide bonds. The molecule has 4 rings (SSSR count). The van der Waals surface area contributed by atoms with Crippen molar-refractivity contribution in [1.82, 2.24) is 10.6 Å². The van der Waals surface area contributed by atoms with Gasteiger partial charge in [0.1, 0.15) is 6.17 Å². The summed E-state index contributed by atoms with van der Waals surface area (Å²) in [5.74, 6) is 0.676. The van der Waals surface area contributed by atoms with Crippen LogP contribution in [0.2, 0.25) is 0 Å². The molecule has 30 heavy (non-hydrogen) atoms. The van der Waals surface area contributed by atoms with Gasteiger partial charge in [0.15, 0.2) is 11.5 Å². The molecule has 0 fully saturated rings. The number of ether oxygens (including phenoxy) is 1. The normalized spacial score (nSPS) is 18.4. The van der Waals surface area contributed by atoms with Gasteiger partial charge in [-0.2, -0.15) is 0 Å². The van der Waals surface area contributed by atoms with E-state index in [9.17, 15) is 5.11 Å². The van der Waals surface area contributed by atoms with Crippen LogP contribution in [0.25, 0.3) is 5.70 Å². The second kappa shape index (κ2) is 8.94. The first kappa shape index (κ1) is 20.5. The van der Waals surface area contributed by atoms with Gasteiger partial charge in [0.25, 0.3) is 0 Å². The molecular formula is C25H25BrN2O2. The van der Waals surface area contributed by atoms with Crippen molar-refractivity contribution >= 4 is 21.6 Å². The first-order chi connectivity index (χ1) is 14.6. The van der Waals surface area contributed by atoms with Crippen LogP contribution in [-0.2, 0) is 0 Å². The molecule has 0 radical (unpaired) electrons. The summed E-state index contributed by atoms with van der Waals surface area (Å²) in [6, 6.07) is 22.0. The zero-order valence-electron chi connectivity index (χ0n) is 17.0. The minimum atomic E-state index is -0.185. The van der Waals surface area contributed by atoms with Crippen LogP contribution in [0.5, 0.6) is 11.5 Å². The molecule has 1 heterocycles. The van der Waals surface area contributed by atoms with Gasteiger partial charge in [0.05, 0.1) is 12.6 Å². The predicted octanol–water partition coefficient (Wildman–Crippen LogP) is 5.84. The van der Waals surface area contributed by atoms with E-state index < -0.39 is 0 Å². The monoisotopic (exact) mass is 464 g/mol. The number of phenolic OH excluding ortho intramolecular Hbond substituents is 1. The van der Waals surface area contributed by atoms with Gasteiger partial charge in [-0.15, -0.1) is 0 Å². The zero-order chi connectivity index (χ0) is 21.1. The maximum absolute atomic E-state index is 10.9. The maximum atomic E-state index is 10.9. The van der Waals surface area contributed by atoms with Crippen molar-refractivity contribution < 1.29 is 9.84 Å². The van der Waals surface area contributed by atoms with Gasteiger partial charge in [-0.1, -0.05) is 64.5 Å². The second-order valence-electron chi connectivity index (χ2n) is 7.29. The molecule has 3 aromatic carbocycles. The molecule has 0 aromatic heterocycles. The van der Waals surface area contributed by atoms with E-state index in [-0.39, 0.29) is 18.0 Å². The highest BCUT2D eigenvalue weighted by Gasteiger charge is 2.27. The number of para-hydroxylation sites is 1. The lowest BCUT2D eigenvalue weighted by Crippen LogP contribution is -2.40. The molecule has 3 N–H and O–H groups in total. The standard InChI is InChI=1S/C25H25BrN2O2/c1-3-30-23-10-6-9-20(24(23)29)22-15-21(17-11-13-18(26)14-12-17)27-25(28-22)19-8-5-4-7-16(19)2/h4-15,22,25,27-29H,3H2,1-2H3. The fourth-order valence-electron chi connectivity index (χ4n) is 3.77. The molecule has 0 saturated heterocycles. The van der Waals surface area contributed by atoms with Crippen molar-refractivity contribution in [1.29, 1.82) is 0 Å². The SMILES string of the molecule is CCOc1cccc(C2C=C(c3ccc(Br)cc3)NC(c3ccccc3C)N2)c1O. The van der Waals surface area contributed by atoms with Gasteiger partial charge < -0.3 is 15.2 Å². The van der Waals surface area contributed by atoms with Gasteiger partial charge in [0.2, 0.25) is 0 Å². The third kappa shape index (κ3) is 4.23. The van der Waals surface area contributed by atoms with Gasteiger partial charge in [-0.3, -0.25) is 5.32 Å². The molecule has 2 atom stereocenters. The zero-order valence-corrected chi connectivity index (χ0v) is 18.6. The van der Waals surface area contributed by atoms with E-state index in [1.807, 2.05) is 43.3 Å². The van der Waals surface area contributed by atoms with Crippen LogP contribution in [0.4, 0.5) is 0 Å². The molecule has 1 aliphatic heterocycles.